The smallest absolute Gasteiger partial charge is 0.241 e. The highest BCUT2D eigenvalue weighted by atomic mass is 16.3. The lowest BCUT2D eigenvalue weighted by Crippen LogP contribution is -2.42. The van der Waals surface area contributed by atoms with Crippen LogP contribution in [0.3, 0.4) is 0 Å². The maximum Gasteiger partial charge on any atom is 0.241 e. The number of aliphatic imine (C=N–C) groups is 1. The molecule has 6 nitrogen and oxygen atoms in total. The second-order valence-corrected chi connectivity index (χ2v) is 4.78. The van der Waals surface area contributed by atoms with E-state index in [-0.39, 0.29) is 12.5 Å². The van der Waals surface area contributed by atoms with Crippen LogP contribution in [0.5, 0.6) is 0 Å². The summed E-state index contributed by atoms with van der Waals surface area (Å²) in [4.78, 5) is 17.5. The fourth-order valence-electron chi connectivity index (χ4n) is 1.66. The lowest BCUT2D eigenvalue weighted by molar-refractivity contribution is -0.127. The Labute approximate surface area is 120 Å². The van der Waals surface area contributed by atoms with Crippen LogP contribution in [0, 0.1) is 13.8 Å². The van der Waals surface area contributed by atoms with E-state index in [9.17, 15) is 4.79 Å². The van der Waals surface area contributed by atoms with Crippen LogP contribution in [-0.4, -0.2) is 44.0 Å². The van der Waals surface area contributed by atoms with Crippen molar-refractivity contribution in [3.8, 4) is 0 Å². The number of aryl methyl sites for hydroxylation is 2. The molecule has 0 atom stereocenters. The van der Waals surface area contributed by atoms with Gasteiger partial charge in [0, 0.05) is 26.2 Å². The van der Waals surface area contributed by atoms with Gasteiger partial charge >= 0.3 is 0 Å². The number of guanidine groups is 1. The zero-order valence-corrected chi connectivity index (χ0v) is 12.9. The fourth-order valence-corrected chi connectivity index (χ4v) is 1.66. The van der Waals surface area contributed by atoms with Crippen LogP contribution >= 0.6 is 0 Å². The number of carbonyl (C=O) groups excluding carboxylic acids is 1. The van der Waals surface area contributed by atoms with Gasteiger partial charge in [-0.05, 0) is 26.8 Å². The van der Waals surface area contributed by atoms with Gasteiger partial charge in [0.2, 0.25) is 5.91 Å². The van der Waals surface area contributed by atoms with Crippen molar-refractivity contribution in [2.75, 3.05) is 27.2 Å². The standard InChI is InChI=1S/C14H24N4O2/c1-6-15-14(17-9-13(19)18(4)5)16-8-12-7-10(2)20-11(12)3/h7H,6,8-9H2,1-5H3,(H2,15,16,17). The van der Waals surface area contributed by atoms with Gasteiger partial charge in [0.05, 0.1) is 13.1 Å². The van der Waals surface area contributed by atoms with Crippen LogP contribution in [0.2, 0.25) is 0 Å². The number of amides is 1. The lowest BCUT2D eigenvalue weighted by Gasteiger charge is -2.14. The molecule has 0 unspecified atom stereocenters. The molecule has 20 heavy (non-hydrogen) atoms. The first-order valence-corrected chi connectivity index (χ1v) is 6.72. The summed E-state index contributed by atoms with van der Waals surface area (Å²) in [7, 11) is 3.46. The van der Waals surface area contributed by atoms with Crippen LogP contribution in [0.15, 0.2) is 15.5 Å². The molecule has 0 spiro atoms. The molecule has 6 heteroatoms. The summed E-state index contributed by atoms with van der Waals surface area (Å²) in [6.07, 6.45) is 0. The van der Waals surface area contributed by atoms with Gasteiger partial charge in [0.1, 0.15) is 11.5 Å². The molecule has 1 amide bonds. The van der Waals surface area contributed by atoms with Crippen LogP contribution in [0.4, 0.5) is 0 Å². The number of nitrogens with one attached hydrogen (secondary N) is 2. The molecule has 0 fully saturated rings. The summed E-state index contributed by atoms with van der Waals surface area (Å²) in [5, 5.41) is 6.13. The Morgan fingerprint density at radius 3 is 2.55 bits per heavy atom. The highest BCUT2D eigenvalue weighted by Gasteiger charge is 2.07. The molecule has 0 aliphatic rings. The largest absolute Gasteiger partial charge is 0.466 e. The van der Waals surface area contributed by atoms with E-state index >= 15 is 0 Å². The van der Waals surface area contributed by atoms with Crippen molar-refractivity contribution in [2.24, 2.45) is 4.99 Å². The average molecular weight is 280 g/mol. The molecule has 2 N–H and O–H groups in total. The minimum atomic E-state index is 0.00550. The van der Waals surface area contributed by atoms with Gasteiger partial charge in [-0.15, -0.1) is 0 Å². The average Bonchev–Trinajstić information content (AvgIpc) is 2.70. The Morgan fingerprint density at radius 1 is 1.35 bits per heavy atom. The van der Waals surface area contributed by atoms with Crippen LogP contribution in [0.1, 0.15) is 24.0 Å². The number of likely N-dealkylation sites (N-methyl/N-ethyl adjacent to an activating group) is 1. The molecule has 0 aliphatic carbocycles. The quantitative estimate of drug-likeness (QED) is 0.624. The Hall–Kier alpha value is -1.98. The van der Waals surface area contributed by atoms with Gasteiger partial charge in [-0.2, -0.15) is 0 Å². The fraction of sp³-hybridized carbons (Fsp3) is 0.571. The molecule has 1 aromatic rings. The third-order valence-corrected chi connectivity index (χ3v) is 2.80. The predicted molar refractivity (Wildman–Crippen MR) is 79.7 cm³/mol. The molecule has 1 heterocycles. The summed E-state index contributed by atoms with van der Waals surface area (Å²) in [5.74, 6) is 2.40. The highest BCUT2D eigenvalue weighted by molar-refractivity contribution is 5.86. The molecule has 1 aromatic heterocycles. The van der Waals surface area contributed by atoms with Crippen molar-refractivity contribution in [3.05, 3.63) is 23.2 Å². The minimum absolute atomic E-state index is 0.00550. The van der Waals surface area contributed by atoms with Crippen LogP contribution in [-0.2, 0) is 11.3 Å². The van der Waals surface area contributed by atoms with Crippen molar-refractivity contribution in [1.29, 1.82) is 0 Å². The molecule has 0 saturated carbocycles. The predicted octanol–water partition coefficient (Wildman–Crippen LogP) is 1.04. The highest BCUT2D eigenvalue weighted by Crippen LogP contribution is 2.14. The van der Waals surface area contributed by atoms with Crippen molar-refractivity contribution < 1.29 is 9.21 Å². The van der Waals surface area contributed by atoms with E-state index in [1.165, 1.54) is 0 Å². The first-order valence-electron chi connectivity index (χ1n) is 6.72. The third kappa shape index (κ3) is 4.95. The second-order valence-electron chi connectivity index (χ2n) is 4.78. The Bertz CT molecular complexity index is 478. The molecule has 0 bridgehead atoms. The van der Waals surface area contributed by atoms with Gasteiger partial charge in [0.25, 0.3) is 0 Å². The van der Waals surface area contributed by atoms with Crippen LogP contribution < -0.4 is 10.6 Å². The zero-order valence-electron chi connectivity index (χ0n) is 12.9. The first-order chi connectivity index (χ1) is 9.43. The van der Waals surface area contributed by atoms with Gasteiger partial charge in [-0.3, -0.25) is 4.79 Å². The van der Waals surface area contributed by atoms with E-state index in [4.69, 9.17) is 4.42 Å². The topological polar surface area (TPSA) is 69.9 Å². The lowest BCUT2D eigenvalue weighted by atomic mass is 10.2. The van der Waals surface area contributed by atoms with E-state index < -0.39 is 0 Å². The summed E-state index contributed by atoms with van der Waals surface area (Å²) >= 11 is 0. The molecular formula is C14H24N4O2. The van der Waals surface area contributed by atoms with E-state index in [0.717, 1.165) is 23.6 Å². The van der Waals surface area contributed by atoms with Crippen molar-refractivity contribution >= 4 is 11.9 Å². The SMILES string of the molecule is CCNC(=NCc1cc(C)oc1C)NCC(=O)N(C)C. The van der Waals surface area contributed by atoms with Crippen LogP contribution in [0.25, 0.3) is 0 Å². The maximum absolute atomic E-state index is 11.5. The molecule has 1 rings (SSSR count). The number of carbonyl (C=O) groups is 1. The summed E-state index contributed by atoms with van der Waals surface area (Å²) < 4.78 is 5.47. The maximum atomic E-state index is 11.5. The molecule has 0 aliphatic heterocycles. The number of hydrogen-bond acceptors (Lipinski definition) is 3. The summed E-state index contributed by atoms with van der Waals surface area (Å²) in [6, 6.07) is 1.98. The number of furan rings is 1. The monoisotopic (exact) mass is 280 g/mol. The first kappa shape index (κ1) is 16.1. The van der Waals surface area contributed by atoms with Gasteiger partial charge < -0.3 is 20.0 Å². The Morgan fingerprint density at radius 2 is 2.05 bits per heavy atom. The minimum Gasteiger partial charge on any atom is -0.466 e. The second kappa shape index (κ2) is 7.57. The third-order valence-electron chi connectivity index (χ3n) is 2.80. The Balaban J connectivity index is 2.63. The normalized spacial score (nSPS) is 11.3. The van der Waals surface area contributed by atoms with E-state index in [0.29, 0.717) is 12.5 Å². The van der Waals surface area contributed by atoms with Gasteiger partial charge in [-0.1, -0.05) is 0 Å². The van der Waals surface area contributed by atoms with Crippen molar-refractivity contribution in [1.82, 2.24) is 15.5 Å². The molecule has 0 radical (unpaired) electrons. The summed E-state index contributed by atoms with van der Waals surface area (Å²) in [5.41, 5.74) is 1.05. The zero-order chi connectivity index (χ0) is 15.1. The number of hydrogen-bond donors (Lipinski definition) is 2. The van der Waals surface area contributed by atoms with Gasteiger partial charge in [0.15, 0.2) is 5.96 Å². The Kier molecular flexibility index (Phi) is 6.09. The molecule has 0 saturated heterocycles. The van der Waals surface area contributed by atoms with E-state index in [1.807, 2.05) is 26.8 Å². The van der Waals surface area contributed by atoms with Crippen molar-refractivity contribution in [3.63, 3.8) is 0 Å². The van der Waals surface area contributed by atoms with Gasteiger partial charge in [-0.25, -0.2) is 4.99 Å². The van der Waals surface area contributed by atoms with E-state index in [1.54, 1.807) is 19.0 Å². The van der Waals surface area contributed by atoms with Crippen molar-refractivity contribution in [2.45, 2.75) is 27.3 Å². The van der Waals surface area contributed by atoms with E-state index in [2.05, 4.69) is 15.6 Å². The number of rotatable bonds is 5. The molecular weight excluding hydrogens is 256 g/mol. The molecule has 112 valence electrons. The summed E-state index contributed by atoms with van der Waals surface area (Å²) in [6.45, 7) is 7.31. The number of nitrogens with zero attached hydrogens (tertiary/aromatic N) is 2. The molecule has 0 aromatic carbocycles.